The molecule has 0 atom stereocenters. The fourth-order valence-corrected chi connectivity index (χ4v) is 2.44. The van der Waals surface area contributed by atoms with Gasteiger partial charge in [-0.2, -0.15) is 0 Å². The van der Waals surface area contributed by atoms with E-state index in [9.17, 15) is 0 Å². The van der Waals surface area contributed by atoms with Crippen LogP contribution in [0.15, 0.2) is 35.1 Å². The molecule has 1 aliphatic rings. The van der Waals surface area contributed by atoms with E-state index in [4.69, 9.17) is 0 Å². The summed E-state index contributed by atoms with van der Waals surface area (Å²) in [5, 5.41) is 11.5. The number of benzene rings is 1. The zero-order chi connectivity index (χ0) is 13.1. The molecule has 1 aliphatic heterocycles. The highest BCUT2D eigenvalue weighted by Crippen LogP contribution is 2.27. The van der Waals surface area contributed by atoms with Gasteiger partial charge in [0, 0.05) is 36.2 Å². The summed E-state index contributed by atoms with van der Waals surface area (Å²) in [5.41, 5.74) is 1.88. The molecule has 1 fully saturated rings. The maximum atomic E-state index is 4.41. The smallest absolute Gasteiger partial charge is 0.159 e. The van der Waals surface area contributed by atoms with Gasteiger partial charge in [0.25, 0.3) is 0 Å². The molecule has 5 nitrogen and oxygen atoms in total. The van der Waals surface area contributed by atoms with Crippen LogP contribution >= 0.6 is 15.9 Å². The second-order valence-electron chi connectivity index (χ2n) is 4.38. The van der Waals surface area contributed by atoms with Gasteiger partial charge in [-0.3, -0.25) is 0 Å². The Hall–Kier alpha value is -1.53. The van der Waals surface area contributed by atoms with Crippen LogP contribution in [0.3, 0.4) is 0 Å². The fraction of sp³-hybridized carbons (Fsp3) is 0.308. The second-order valence-corrected chi connectivity index (χ2v) is 5.29. The minimum Gasteiger partial charge on any atom is -0.352 e. The van der Waals surface area contributed by atoms with Gasteiger partial charge in [-0.05, 0) is 12.1 Å². The molecule has 1 N–H and O–H groups in total. The minimum atomic E-state index is 0.844. The number of hydrogen-bond donors (Lipinski definition) is 1. The lowest BCUT2D eigenvalue weighted by Gasteiger charge is -2.29. The Morgan fingerprint density at radius 3 is 2.58 bits per heavy atom. The Morgan fingerprint density at radius 2 is 1.84 bits per heavy atom. The topological polar surface area (TPSA) is 53.9 Å². The van der Waals surface area contributed by atoms with Crippen molar-refractivity contribution < 1.29 is 0 Å². The van der Waals surface area contributed by atoms with Gasteiger partial charge in [0.15, 0.2) is 5.82 Å². The molecule has 1 saturated heterocycles. The van der Waals surface area contributed by atoms with E-state index in [1.165, 1.54) is 6.33 Å². The summed E-state index contributed by atoms with van der Waals surface area (Å²) in [4.78, 5) is 6.67. The molecule has 0 aliphatic carbocycles. The Labute approximate surface area is 120 Å². The van der Waals surface area contributed by atoms with Crippen molar-refractivity contribution in [3.8, 4) is 11.3 Å². The van der Waals surface area contributed by atoms with Crippen LogP contribution in [-0.4, -0.2) is 41.4 Å². The molecule has 2 heterocycles. The largest absolute Gasteiger partial charge is 0.352 e. The summed E-state index contributed by atoms with van der Waals surface area (Å²) in [6, 6.07) is 8.07. The highest BCUT2D eigenvalue weighted by molar-refractivity contribution is 9.10. The summed E-state index contributed by atoms with van der Waals surface area (Å²) in [6.45, 7) is 3.85. The lowest BCUT2D eigenvalue weighted by molar-refractivity contribution is 0.583. The predicted octanol–water partition coefficient (Wildman–Crippen LogP) is 1.71. The van der Waals surface area contributed by atoms with Crippen LogP contribution in [-0.2, 0) is 0 Å². The third kappa shape index (κ3) is 2.74. The number of piperazine rings is 1. The molecule has 1 aromatic heterocycles. The Bertz CT molecular complexity index is 551. The number of nitrogens with zero attached hydrogens (tertiary/aromatic N) is 4. The predicted molar refractivity (Wildman–Crippen MR) is 78.0 cm³/mol. The van der Waals surface area contributed by atoms with Crippen molar-refractivity contribution in [3.63, 3.8) is 0 Å². The molecule has 1 aromatic carbocycles. The second kappa shape index (κ2) is 5.63. The number of anilines is 1. The van der Waals surface area contributed by atoms with Gasteiger partial charge in [-0.1, -0.05) is 28.1 Å². The third-order valence-corrected chi connectivity index (χ3v) is 3.66. The highest BCUT2D eigenvalue weighted by Gasteiger charge is 2.17. The maximum absolute atomic E-state index is 4.41. The first-order valence-corrected chi connectivity index (χ1v) is 7.03. The third-order valence-electron chi connectivity index (χ3n) is 3.14. The molecule has 0 amide bonds. The Balaban J connectivity index is 1.98. The molecule has 6 heteroatoms. The number of nitrogens with one attached hydrogen (secondary N) is 1. The average Bonchev–Trinajstić information content (AvgIpc) is 2.49. The van der Waals surface area contributed by atoms with Gasteiger partial charge in [-0.25, -0.2) is 4.98 Å². The summed E-state index contributed by atoms with van der Waals surface area (Å²) in [7, 11) is 0. The van der Waals surface area contributed by atoms with Crippen molar-refractivity contribution in [1.82, 2.24) is 20.5 Å². The first kappa shape index (κ1) is 12.5. The maximum Gasteiger partial charge on any atom is 0.159 e. The minimum absolute atomic E-state index is 0.844. The van der Waals surface area contributed by atoms with Gasteiger partial charge in [0.05, 0.1) is 0 Å². The number of rotatable bonds is 2. The summed E-state index contributed by atoms with van der Waals surface area (Å²) < 4.78 is 1.05. The van der Waals surface area contributed by atoms with Crippen LogP contribution in [0.1, 0.15) is 0 Å². The molecule has 0 radical (unpaired) electrons. The van der Waals surface area contributed by atoms with Crippen LogP contribution in [0.4, 0.5) is 5.82 Å². The van der Waals surface area contributed by atoms with E-state index in [0.29, 0.717) is 0 Å². The van der Waals surface area contributed by atoms with Gasteiger partial charge < -0.3 is 10.2 Å². The van der Waals surface area contributed by atoms with Crippen LogP contribution < -0.4 is 10.2 Å². The van der Waals surface area contributed by atoms with Crippen molar-refractivity contribution >= 4 is 21.7 Å². The molecule has 19 heavy (non-hydrogen) atoms. The monoisotopic (exact) mass is 319 g/mol. The Morgan fingerprint density at radius 1 is 1.11 bits per heavy atom. The van der Waals surface area contributed by atoms with Crippen LogP contribution in [0.5, 0.6) is 0 Å². The number of halogens is 1. The lowest BCUT2D eigenvalue weighted by atomic mass is 10.1. The lowest BCUT2D eigenvalue weighted by Crippen LogP contribution is -2.44. The van der Waals surface area contributed by atoms with Crippen molar-refractivity contribution in [2.75, 3.05) is 31.1 Å². The standard InChI is InChI=1S/C13H14BrN5/c14-11-3-1-10(2-4-11)12-13(16-9-17-18-12)19-7-5-15-6-8-19/h1-4,9,15H,5-8H2. The van der Waals surface area contributed by atoms with Crippen LogP contribution in [0, 0.1) is 0 Å². The SMILES string of the molecule is Brc1ccc(-c2nncnc2N2CCNCC2)cc1. The van der Waals surface area contributed by atoms with E-state index in [0.717, 1.165) is 47.7 Å². The van der Waals surface area contributed by atoms with Crippen molar-refractivity contribution in [2.45, 2.75) is 0 Å². The zero-order valence-corrected chi connectivity index (χ0v) is 12.0. The van der Waals surface area contributed by atoms with Crippen molar-refractivity contribution in [3.05, 3.63) is 35.1 Å². The average molecular weight is 320 g/mol. The fourth-order valence-electron chi connectivity index (χ4n) is 2.17. The number of aromatic nitrogens is 3. The normalized spacial score (nSPS) is 15.5. The van der Waals surface area contributed by atoms with Crippen LogP contribution in [0.2, 0.25) is 0 Å². The van der Waals surface area contributed by atoms with Gasteiger partial charge >= 0.3 is 0 Å². The summed E-state index contributed by atoms with van der Waals surface area (Å²) in [5.74, 6) is 0.916. The van der Waals surface area contributed by atoms with E-state index in [1.807, 2.05) is 24.3 Å². The van der Waals surface area contributed by atoms with Gasteiger partial charge in [0.2, 0.25) is 0 Å². The quantitative estimate of drug-likeness (QED) is 0.913. The molecule has 3 rings (SSSR count). The van der Waals surface area contributed by atoms with E-state index < -0.39 is 0 Å². The number of hydrogen-bond acceptors (Lipinski definition) is 5. The van der Waals surface area contributed by atoms with Crippen molar-refractivity contribution in [1.29, 1.82) is 0 Å². The molecule has 98 valence electrons. The first-order valence-electron chi connectivity index (χ1n) is 6.24. The van der Waals surface area contributed by atoms with E-state index >= 15 is 0 Å². The molecule has 0 saturated carbocycles. The Kier molecular flexibility index (Phi) is 3.70. The molecular formula is C13H14BrN5. The molecular weight excluding hydrogens is 306 g/mol. The first-order chi connectivity index (χ1) is 9.34. The molecule has 0 bridgehead atoms. The van der Waals surface area contributed by atoms with E-state index in [-0.39, 0.29) is 0 Å². The van der Waals surface area contributed by atoms with Crippen LogP contribution in [0.25, 0.3) is 11.3 Å². The van der Waals surface area contributed by atoms with E-state index in [2.05, 4.69) is 41.3 Å². The molecule has 0 unspecified atom stereocenters. The molecule has 2 aromatic rings. The van der Waals surface area contributed by atoms with Crippen molar-refractivity contribution in [2.24, 2.45) is 0 Å². The zero-order valence-electron chi connectivity index (χ0n) is 10.4. The van der Waals surface area contributed by atoms with Gasteiger partial charge in [0.1, 0.15) is 12.0 Å². The van der Waals surface area contributed by atoms with E-state index in [1.54, 1.807) is 0 Å². The summed E-state index contributed by atoms with van der Waals surface area (Å²) >= 11 is 3.44. The summed E-state index contributed by atoms with van der Waals surface area (Å²) in [6.07, 6.45) is 1.51. The highest BCUT2D eigenvalue weighted by atomic mass is 79.9. The van der Waals surface area contributed by atoms with Gasteiger partial charge in [-0.15, -0.1) is 10.2 Å². The molecule has 0 spiro atoms.